The molecule has 2 aromatic carbocycles. The summed E-state index contributed by atoms with van der Waals surface area (Å²) in [5, 5.41) is 0. The topological polar surface area (TPSA) is 46.1 Å². The third-order valence-electron chi connectivity index (χ3n) is 4.77. The molecule has 4 nitrogen and oxygen atoms in total. The van der Waals surface area contributed by atoms with Gasteiger partial charge in [-0.1, -0.05) is 36.4 Å². The van der Waals surface area contributed by atoms with Crippen LogP contribution in [0.4, 0.5) is 0 Å². The van der Waals surface area contributed by atoms with Gasteiger partial charge in [0.1, 0.15) is 5.69 Å². The van der Waals surface area contributed by atoms with Gasteiger partial charge < -0.3 is 4.90 Å². The van der Waals surface area contributed by atoms with Crippen LogP contribution in [0.25, 0.3) is 11.0 Å². The number of rotatable bonds is 2. The molecule has 0 aliphatic carbocycles. The molecule has 3 aromatic rings. The van der Waals surface area contributed by atoms with E-state index in [0.29, 0.717) is 11.6 Å². The Labute approximate surface area is 141 Å². The molecule has 4 heteroatoms. The highest BCUT2D eigenvalue weighted by molar-refractivity contribution is 5.94. The molecule has 120 valence electrons. The molecular weight excluding hydrogens is 298 g/mol. The van der Waals surface area contributed by atoms with Gasteiger partial charge >= 0.3 is 0 Å². The van der Waals surface area contributed by atoms with Gasteiger partial charge in [0.15, 0.2) is 0 Å². The summed E-state index contributed by atoms with van der Waals surface area (Å²) in [4.78, 5) is 23.5. The number of hydrogen-bond acceptors (Lipinski definition) is 3. The average molecular weight is 317 g/mol. The average Bonchev–Trinajstić information content (AvgIpc) is 3.11. The number of hydrogen-bond donors (Lipinski definition) is 0. The minimum Gasteiger partial charge on any atom is -0.337 e. The SMILES string of the molecule is Cc1ccccc1C1CCN(C(=O)c2cnc3ccccc3n2)C1. The Bertz CT molecular complexity index is 906. The molecule has 1 atom stereocenters. The highest BCUT2D eigenvalue weighted by Gasteiger charge is 2.29. The molecule has 0 radical (unpaired) electrons. The maximum Gasteiger partial charge on any atom is 0.274 e. The summed E-state index contributed by atoms with van der Waals surface area (Å²) in [5.74, 6) is 0.382. The highest BCUT2D eigenvalue weighted by atomic mass is 16.2. The smallest absolute Gasteiger partial charge is 0.274 e. The second-order valence-corrected chi connectivity index (χ2v) is 6.34. The molecule has 0 spiro atoms. The number of aromatic nitrogens is 2. The second kappa shape index (κ2) is 6.04. The van der Waals surface area contributed by atoms with Crippen molar-refractivity contribution in [2.75, 3.05) is 13.1 Å². The van der Waals surface area contributed by atoms with Gasteiger partial charge in [0.25, 0.3) is 5.91 Å². The van der Waals surface area contributed by atoms with Crippen molar-refractivity contribution in [1.82, 2.24) is 14.9 Å². The van der Waals surface area contributed by atoms with Gasteiger partial charge in [-0.3, -0.25) is 9.78 Å². The number of aryl methyl sites for hydroxylation is 1. The first-order chi connectivity index (χ1) is 11.7. The van der Waals surface area contributed by atoms with Crippen LogP contribution in [-0.4, -0.2) is 33.9 Å². The molecule has 1 aromatic heterocycles. The van der Waals surface area contributed by atoms with Crippen LogP contribution < -0.4 is 0 Å². The van der Waals surface area contributed by atoms with Crippen molar-refractivity contribution in [1.29, 1.82) is 0 Å². The molecule has 1 unspecified atom stereocenters. The van der Waals surface area contributed by atoms with E-state index in [0.717, 1.165) is 30.5 Å². The molecule has 1 saturated heterocycles. The monoisotopic (exact) mass is 317 g/mol. The summed E-state index contributed by atoms with van der Waals surface area (Å²) in [5.41, 5.74) is 4.64. The quantitative estimate of drug-likeness (QED) is 0.726. The first-order valence-corrected chi connectivity index (χ1v) is 8.29. The predicted octanol–water partition coefficient (Wildman–Crippen LogP) is 3.57. The summed E-state index contributed by atoms with van der Waals surface area (Å²) in [6.07, 6.45) is 2.59. The number of carbonyl (C=O) groups excluding carboxylic acids is 1. The largest absolute Gasteiger partial charge is 0.337 e. The van der Waals surface area contributed by atoms with Gasteiger partial charge in [0.2, 0.25) is 0 Å². The van der Waals surface area contributed by atoms with Crippen LogP contribution in [-0.2, 0) is 0 Å². The van der Waals surface area contributed by atoms with Crippen LogP contribution in [0, 0.1) is 6.92 Å². The van der Waals surface area contributed by atoms with Crippen molar-refractivity contribution in [3.05, 3.63) is 71.5 Å². The lowest BCUT2D eigenvalue weighted by Crippen LogP contribution is -2.29. The second-order valence-electron chi connectivity index (χ2n) is 6.34. The fourth-order valence-corrected chi connectivity index (χ4v) is 3.47. The standard InChI is InChI=1S/C20H19N3O/c1-14-6-2-3-7-16(14)15-10-11-23(13-15)20(24)19-12-21-17-8-4-5-9-18(17)22-19/h2-9,12,15H,10-11,13H2,1H3. The van der Waals surface area contributed by atoms with Gasteiger partial charge in [0, 0.05) is 19.0 Å². The van der Waals surface area contributed by atoms with Gasteiger partial charge in [-0.15, -0.1) is 0 Å². The number of carbonyl (C=O) groups is 1. The van der Waals surface area contributed by atoms with Crippen molar-refractivity contribution in [3.63, 3.8) is 0 Å². The maximum atomic E-state index is 12.8. The van der Waals surface area contributed by atoms with Crippen molar-refractivity contribution in [3.8, 4) is 0 Å². The Morgan fingerprint density at radius 3 is 2.67 bits per heavy atom. The number of fused-ring (bicyclic) bond motifs is 1. The first kappa shape index (κ1) is 14.8. The summed E-state index contributed by atoms with van der Waals surface area (Å²) in [6, 6.07) is 16.1. The Morgan fingerprint density at radius 1 is 1.08 bits per heavy atom. The van der Waals surface area contributed by atoms with E-state index in [4.69, 9.17) is 0 Å². The van der Waals surface area contributed by atoms with Crippen molar-refractivity contribution >= 4 is 16.9 Å². The molecular formula is C20H19N3O. The number of benzene rings is 2. The number of likely N-dealkylation sites (tertiary alicyclic amines) is 1. The maximum absolute atomic E-state index is 12.8. The predicted molar refractivity (Wildman–Crippen MR) is 94.0 cm³/mol. The van der Waals surface area contributed by atoms with Crippen LogP contribution >= 0.6 is 0 Å². The minimum atomic E-state index is -0.0238. The zero-order valence-corrected chi connectivity index (χ0v) is 13.6. The molecule has 0 bridgehead atoms. The number of para-hydroxylation sites is 2. The van der Waals surface area contributed by atoms with E-state index in [1.807, 2.05) is 29.2 Å². The van der Waals surface area contributed by atoms with Crippen LogP contribution in [0.1, 0.15) is 34.0 Å². The summed E-state index contributed by atoms with van der Waals surface area (Å²) >= 11 is 0. The lowest BCUT2D eigenvalue weighted by atomic mass is 9.94. The number of amides is 1. The molecule has 0 saturated carbocycles. The molecule has 1 fully saturated rings. The van der Waals surface area contributed by atoms with Crippen LogP contribution in [0.2, 0.25) is 0 Å². The highest BCUT2D eigenvalue weighted by Crippen LogP contribution is 2.30. The Morgan fingerprint density at radius 2 is 1.83 bits per heavy atom. The summed E-state index contributed by atoms with van der Waals surface area (Å²) in [7, 11) is 0. The van der Waals surface area contributed by atoms with Gasteiger partial charge in [0.05, 0.1) is 17.2 Å². The van der Waals surface area contributed by atoms with Gasteiger partial charge in [-0.2, -0.15) is 0 Å². The van der Waals surface area contributed by atoms with Crippen LogP contribution in [0.3, 0.4) is 0 Å². The van der Waals surface area contributed by atoms with E-state index in [9.17, 15) is 4.79 Å². The van der Waals surface area contributed by atoms with E-state index < -0.39 is 0 Å². The van der Waals surface area contributed by atoms with Crippen molar-refractivity contribution in [2.24, 2.45) is 0 Å². The van der Waals surface area contributed by atoms with E-state index in [1.165, 1.54) is 11.1 Å². The molecule has 2 heterocycles. The Balaban J connectivity index is 1.55. The Kier molecular flexibility index (Phi) is 3.73. The lowest BCUT2D eigenvalue weighted by Gasteiger charge is -2.17. The number of nitrogens with zero attached hydrogens (tertiary/aromatic N) is 3. The van der Waals surface area contributed by atoms with Gasteiger partial charge in [-0.05, 0) is 36.6 Å². The molecule has 1 amide bonds. The third-order valence-corrected chi connectivity index (χ3v) is 4.77. The van der Waals surface area contributed by atoms with Crippen LogP contribution in [0.5, 0.6) is 0 Å². The summed E-state index contributed by atoms with van der Waals surface area (Å²) in [6.45, 7) is 3.65. The summed E-state index contributed by atoms with van der Waals surface area (Å²) < 4.78 is 0. The first-order valence-electron chi connectivity index (χ1n) is 8.29. The Hall–Kier alpha value is -2.75. The van der Waals surface area contributed by atoms with E-state index >= 15 is 0 Å². The van der Waals surface area contributed by atoms with Crippen molar-refractivity contribution < 1.29 is 4.79 Å². The molecule has 0 N–H and O–H groups in total. The van der Waals surface area contributed by atoms with Gasteiger partial charge in [-0.25, -0.2) is 4.98 Å². The minimum absolute atomic E-state index is 0.0238. The molecule has 24 heavy (non-hydrogen) atoms. The molecule has 1 aliphatic heterocycles. The normalized spacial score (nSPS) is 17.4. The fraction of sp³-hybridized carbons (Fsp3) is 0.250. The zero-order chi connectivity index (χ0) is 16.5. The zero-order valence-electron chi connectivity index (χ0n) is 13.6. The van der Waals surface area contributed by atoms with Crippen molar-refractivity contribution in [2.45, 2.75) is 19.3 Å². The molecule has 4 rings (SSSR count). The third kappa shape index (κ3) is 2.64. The van der Waals surface area contributed by atoms with Crippen LogP contribution in [0.15, 0.2) is 54.7 Å². The van der Waals surface area contributed by atoms with E-state index in [2.05, 4.69) is 41.2 Å². The lowest BCUT2D eigenvalue weighted by molar-refractivity contribution is 0.0785. The van der Waals surface area contributed by atoms with E-state index in [1.54, 1.807) is 6.20 Å². The fourth-order valence-electron chi connectivity index (χ4n) is 3.47. The molecule has 1 aliphatic rings. The van der Waals surface area contributed by atoms with E-state index in [-0.39, 0.29) is 5.91 Å².